The third kappa shape index (κ3) is 11.0. The monoisotopic (exact) mass is 694 g/mol. The molecule has 3 aromatic carbocycles. The molecule has 0 spiro atoms. The van der Waals surface area contributed by atoms with Gasteiger partial charge in [-0.3, -0.25) is 4.79 Å². The minimum absolute atomic E-state index is 0.0442. The Hall–Kier alpha value is -4.01. The molecule has 0 saturated heterocycles. The third-order valence-corrected chi connectivity index (χ3v) is 9.88. The van der Waals surface area contributed by atoms with Gasteiger partial charge in [0.1, 0.15) is 12.4 Å². The number of nitrogens with one attached hydrogen (secondary N) is 2. The highest BCUT2D eigenvalue weighted by molar-refractivity contribution is 7.98. The lowest BCUT2D eigenvalue weighted by molar-refractivity contribution is -0.112. The molecular weight excluding hydrogens is 641 g/mol. The van der Waals surface area contributed by atoms with Gasteiger partial charge in [0, 0.05) is 53.0 Å². The molecule has 1 aliphatic heterocycles. The number of H-pyrrole nitrogens is 1. The molecule has 0 radical (unpaired) electrons. The standard InChI is InChI=1S/C42H54N4O3S/c1-5-7-11-39-40(44-30-43-39)29-50-38-19-15-36(16-20-38)45-42(47)34-10-9-22-46(28-31(3)4)41-21-14-33(26-35(41)27-34)32-12-17-37(18-13-32)49-25-24-48-23-8-6-2/h12-21,26-27,30-31H,5-11,22-25,28-29H2,1-4H3,(H,43,44)(H,45,47). The maximum Gasteiger partial charge on any atom is 0.251 e. The van der Waals surface area contributed by atoms with Crippen molar-refractivity contribution in [2.75, 3.05) is 43.1 Å². The number of ether oxygens (including phenoxy) is 2. The zero-order valence-electron chi connectivity index (χ0n) is 30.3. The van der Waals surface area contributed by atoms with Gasteiger partial charge in [0.15, 0.2) is 0 Å². The highest BCUT2D eigenvalue weighted by Crippen LogP contribution is 2.33. The number of carbonyl (C=O) groups is 1. The summed E-state index contributed by atoms with van der Waals surface area (Å²) in [6.45, 7) is 12.7. The van der Waals surface area contributed by atoms with E-state index in [1.807, 2.05) is 24.3 Å². The number of imidazole rings is 1. The Balaban J connectivity index is 1.27. The van der Waals surface area contributed by atoms with Crippen LogP contribution in [0.5, 0.6) is 5.75 Å². The first kappa shape index (κ1) is 37.3. The van der Waals surface area contributed by atoms with Crippen molar-refractivity contribution in [2.45, 2.75) is 83.3 Å². The van der Waals surface area contributed by atoms with Gasteiger partial charge < -0.3 is 24.7 Å². The molecule has 5 rings (SSSR count). The van der Waals surface area contributed by atoms with Crippen molar-refractivity contribution >= 4 is 35.1 Å². The SMILES string of the molecule is CCCCOCCOc1ccc(-c2ccc3c(c2)C=C(C(=O)Nc2ccc(SCc4[nH]cnc4CCCC)cc2)CCCN3CC(C)C)cc1. The second-order valence-corrected chi connectivity index (χ2v) is 14.5. The number of hydrogen-bond acceptors (Lipinski definition) is 6. The number of thioether (sulfide) groups is 1. The maximum absolute atomic E-state index is 13.7. The second kappa shape index (κ2) is 19.4. The molecule has 2 heterocycles. The van der Waals surface area contributed by atoms with Crippen molar-refractivity contribution in [1.29, 1.82) is 0 Å². The molecule has 0 bridgehead atoms. The average molecular weight is 695 g/mol. The van der Waals surface area contributed by atoms with Gasteiger partial charge in [0.25, 0.3) is 5.91 Å². The van der Waals surface area contributed by atoms with Crippen LogP contribution >= 0.6 is 11.8 Å². The van der Waals surface area contributed by atoms with Gasteiger partial charge in [-0.1, -0.05) is 58.7 Å². The van der Waals surface area contributed by atoms with Gasteiger partial charge in [-0.25, -0.2) is 4.98 Å². The summed E-state index contributed by atoms with van der Waals surface area (Å²) in [5.41, 5.74) is 8.43. The highest BCUT2D eigenvalue weighted by Gasteiger charge is 2.20. The Morgan fingerprint density at radius 3 is 2.50 bits per heavy atom. The summed E-state index contributed by atoms with van der Waals surface area (Å²) < 4.78 is 11.5. The van der Waals surface area contributed by atoms with Crippen LogP contribution in [0.15, 0.2) is 83.5 Å². The molecule has 0 saturated carbocycles. The summed E-state index contributed by atoms with van der Waals surface area (Å²) in [4.78, 5) is 25.2. The van der Waals surface area contributed by atoms with Crippen molar-refractivity contribution in [3.8, 4) is 16.9 Å². The number of fused-ring (bicyclic) bond motifs is 1. The Kier molecular flexibility index (Phi) is 14.5. The fourth-order valence-electron chi connectivity index (χ4n) is 6.13. The number of nitrogens with zero attached hydrogens (tertiary/aromatic N) is 2. The van der Waals surface area contributed by atoms with Crippen LogP contribution in [0, 0.1) is 5.92 Å². The molecule has 1 aromatic heterocycles. The fraction of sp³-hybridized carbons (Fsp3) is 0.429. The van der Waals surface area contributed by atoms with Crippen molar-refractivity contribution < 1.29 is 14.3 Å². The van der Waals surface area contributed by atoms with Crippen LogP contribution in [0.1, 0.15) is 83.2 Å². The largest absolute Gasteiger partial charge is 0.491 e. The van der Waals surface area contributed by atoms with Crippen LogP contribution in [-0.2, 0) is 21.7 Å². The molecule has 0 unspecified atom stereocenters. The van der Waals surface area contributed by atoms with Crippen LogP contribution in [0.4, 0.5) is 11.4 Å². The molecule has 8 heteroatoms. The quantitative estimate of drug-likeness (QED) is 0.0797. The van der Waals surface area contributed by atoms with E-state index in [0.29, 0.717) is 19.1 Å². The minimum atomic E-state index is -0.0442. The minimum Gasteiger partial charge on any atom is -0.491 e. The lowest BCUT2D eigenvalue weighted by Crippen LogP contribution is -2.30. The Morgan fingerprint density at radius 1 is 0.960 bits per heavy atom. The van der Waals surface area contributed by atoms with E-state index in [9.17, 15) is 4.79 Å². The van der Waals surface area contributed by atoms with Gasteiger partial charge in [-0.05, 0) is 109 Å². The molecule has 7 nitrogen and oxygen atoms in total. The van der Waals surface area contributed by atoms with E-state index in [4.69, 9.17) is 9.47 Å². The van der Waals surface area contributed by atoms with Crippen LogP contribution in [0.2, 0.25) is 0 Å². The van der Waals surface area contributed by atoms with Crippen molar-refractivity contribution in [3.05, 3.63) is 95.6 Å². The third-order valence-electron chi connectivity index (χ3n) is 8.85. The molecule has 266 valence electrons. The van der Waals surface area contributed by atoms with E-state index in [2.05, 4.69) is 96.4 Å². The molecular formula is C42H54N4O3S. The summed E-state index contributed by atoms with van der Waals surface area (Å²) >= 11 is 1.78. The number of aromatic amines is 1. The number of aryl methyl sites for hydroxylation is 1. The summed E-state index contributed by atoms with van der Waals surface area (Å²) in [5, 5.41) is 3.18. The van der Waals surface area contributed by atoms with E-state index in [-0.39, 0.29) is 5.91 Å². The average Bonchev–Trinajstić information content (AvgIpc) is 3.57. The van der Waals surface area contributed by atoms with Gasteiger partial charge in [-0.15, -0.1) is 11.8 Å². The number of hydrogen-bond donors (Lipinski definition) is 2. The molecule has 4 aromatic rings. The van der Waals surface area contributed by atoms with E-state index < -0.39 is 0 Å². The smallest absolute Gasteiger partial charge is 0.251 e. The van der Waals surface area contributed by atoms with Gasteiger partial charge >= 0.3 is 0 Å². The number of carbonyl (C=O) groups excluding carboxylic acids is 1. The van der Waals surface area contributed by atoms with Gasteiger partial charge in [-0.2, -0.15) is 0 Å². The Bertz CT molecular complexity index is 1660. The summed E-state index contributed by atoms with van der Waals surface area (Å²) in [6.07, 6.45) is 11.1. The first-order valence-corrected chi connectivity index (χ1v) is 19.4. The number of aromatic nitrogens is 2. The summed E-state index contributed by atoms with van der Waals surface area (Å²) in [6, 6.07) is 23.0. The Labute approximate surface area is 303 Å². The highest BCUT2D eigenvalue weighted by atomic mass is 32.2. The fourth-order valence-corrected chi connectivity index (χ4v) is 7.02. The number of rotatable bonds is 18. The predicted octanol–water partition coefficient (Wildman–Crippen LogP) is 10.2. The molecule has 1 amide bonds. The topological polar surface area (TPSA) is 79.5 Å². The summed E-state index contributed by atoms with van der Waals surface area (Å²) in [7, 11) is 0. The zero-order valence-corrected chi connectivity index (χ0v) is 31.1. The zero-order chi connectivity index (χ0) is 35.1. The van der Waals surface area contributed by atoms with Crippen molar-refractivity contribution in [2.24, 2.45) is 5.92 Å². The van der Waals surface area contributed by atoms with Crippen molar-refractivity contribution in [1.82, 2.24) is 9.97 Å². The van der Waals surface area contributed by atoms with E-state index >= 15 is 0 Å². The summed E-state index contributed by atoms with van der Waals surface area (Å²) in [5.74, 6) is 2.17. The molecule has 0 atom stereocenters. The molecule has 1 aliphatic rings. The predicted molar refractivity (Wildman–Crippen MR) is 209 cm³/mol. The number of benzene rings is 3. The molecule has 2 N–H and O–H groups in total. The lowest BCUT2D eigenvalue weighted by atomic mass is 9.96. The molecule has 0 aliphatic carbocycles. The first-order valence-electron chi connectivity index (χ1n) is 18.4. The molecule has 0 fully saturated rings. The van der Waals surface area contributed by atoms with E-state index in [1.54, 1.807) is 18.1 Å². The number of unbranched alkanes of at least 4 members (excludes halogenated alkanes) is 2. The normalized spacial score (nSPS) is 13.1. The Morgan fingerprint density at radius 2 is 1.74 bits per heavy atom. The second-order valence-electron chi connectivity index (χ2n) is 13.4. The van der Waals surface area contributed by atoms with Gasteiger partial charge in [0.05, 0.1) is 18.6 Å². The van der Waals surface area contributed by atoms with Crippen LogP contribution in [-0.4, -0.2) is 48.8 Å². The maximum atomic E-state index is 13.7. The number of anilines is 2. The number of amides is 1. The first-order chi connectivity index (χ1) is 24.4. The lowest BCUT2D eigenvalue weighted by Gasteiger charge is -2.30. The van der Waals surface area contributed by atoms with E-state index in [0.717, 1.165) is 109 Å². The van der Waals surface area contributed by atoms with Crippen molar-refractivity contribution in [3.63, 3.8) is 0 Å². The van der Waals surface area contributed by atoms with Crippen LogP contribution in [0.3, 0.4) is 0 Å². The van der Waals surface area contributed by atoms with Crippen LogP contribution < -0.4 is 15.0 Å². The van der Waals surface area contributed by atoms with Gasteiger partial charge in [0.2, 0.25) is 0 Å². The van der Waals surface area contributed by atoms with Crippen LogP contribution in [0.25, 0.3) is 17.2 Å². The van der Waals surface area contributed by atoms with E-state index in [1.165, 1.54) is 17.1 Å². The molecule has 50 heavy (non-hydrogen) atoms.